The number of hydrogen-bond donors (Lipinski definition) is 0. The van der Waals surface area contributed by atoms with Crippen LogP contribution in [0, 0.1) is 0 Å². The van der Waals surface area contributed by atoms with E-state index >= 15 is 0 Å². The molecule has 0 N–H and O–H groups in total. The average Bonchev–Trinajstić information content (AvgIpc) is 3.07. The van der Waals surface area contributed by atoms with Gasteiger partial charge < -0.3 is 9.64 Å². The molecule has 3 aromatic rings. The zero-order chi connectivity index (χ0) is 26.4. The Morgan fingerprint density at radius 3 is 2.43 bits per heavy atom. The highest BCUT2D eigenvalue weighted by molar-refractivity contribution is 5.96. The normalized spacial score (nSPS) is 13.4. The van der Waals surface area contributed by atoms with Crippen molar-refractivity contribution < 1.29 is 9.53 Å². The summed E-state index contributed by atoms with van der Waals surface area (Å²) in [6, 6.07) is 23.2. The van der Waals surface area contributed by atoms with E-state index < -0.39 is 0 Å². The highest BCUT2D eigenvalue weighted by Crippen LogP contribution is 2.23. The van der Waals surface area contributed by atoms with Crippen LogP contribution in [0.3, 0.4) is 0 Å². The van der Waals surface area contributed by atoms with Gasteiger partial charge in [0.1, 0.15) is 12.4 Å². The van der Waals surface area contributed by atoms with E-state index in [0.29, 0.717) is 13.0 Å². The topological polar surface area (TPSA) is 29.5 Å². The van der Waals surface area contributed by atoms with Crippen molar-refractivity contribution in [1.29, 1.82) is 0 Å². The van der Waals surface area contributed by atoms with Crippen molar-refractivity contribution in [3.8, 4) is 5.75 Å². The van der Waals surface area contributed by atoms with Crippen molar-refractivity contribution in [3.63, 3.8) is 0 Å². The van der Waals surface area contributed by atoms with E-state index in [4.69, 9.17) is 4.74 Å². The van der Waals surface area contributed by atoms with Crippen LogP contribution in [0.5, 0.6) is 5.75 Å². The third-order valence-electron chi connectivity index (χ3n) is 7.36. The van der Waals surface area contributed by atoms with Crippen molar-refractivity contribution in [2.45, 2.75) is 71.8 Å². The van der Waals surface area contributed by atoms with E-state index in [1.807, 2.05) is 12.1 Å². The number of unbranched alkanes of at least 4 members (excludes halogenated alkanes) is 2. The van der Waals surface area contributed by atoms with Crippen LogP contribution >= 0.6 is 0 Å². The third kappa shape index (κ3) is 6.71. The second kappa shape index (κ2) is 11.8. The van der Waals surface area contributed by atoms with Crippen molar-refractivity contribution >= 4 is 17.6 Å². The minimum Gasteiger partial charge on any atom is -0.488 e. The Labute approximate surface area is 222 Å². The number of benzene rings is 3. The van der Waals surface area contributed by atoms with Gasteiger partial charge in [-0.05, 0) is 58.7 Å². The molecule has 0 amide bonds. The van der Waals surface area contributed by atoms with Gasteiger partial charge in [-0.25, -0.2) is 0 Å². The molecule has 3 nitrogen and oxygen atoms in total. The molecule has 0 saturated heterocycles. The van der Waals surface area contributed by atoms with E-state index in [9.17, 15) is 4.79 Å². The van der Waals surface area contributed by atoms with Crippen LogP contribution in [0.15, 0.2) is 66.7 Å². The van der Waals surface area contributed by atoms with Gasteiger partial charge in [0.15, 0.2) is 5.78 Å². The Bertz CT molecular complexity index is 1350. The van der Waals surface area contributed by atoms with E-state index in [1.165, 1.54) is 27.6 Å². The van der Waals surface area contributed by atoms with Gasteiger partial charge in [-0.1, -0.05) is 94.8 Å². The number of rotatable bonds is 9. The van der Waals surface area contributed by atoms with Gasteiger partial charge in [-0.2, -0.15) is 0 Å². The molecule has 1 heterocycles. The molecular formula is C34H41NO2. The fourth-order valence-corrected chi connectivity index (χ4v) is 5.03. The Hall–Kier alpha value is -3.33. The number of carbonyl (C=O) groups is 1. The molecule has 194 valence electrons. The number of hydrogen-bond acceptors (Lipinski definition) is 3. The number of carbonyl (C=O) groups excluding carboxylic acids is 1. The molecule has 1 aliphatic rings. The summed E-state index contributed by atoms with van der Waals surface area (Å²) < 4.78 is 6.19. The summed E-state index contributed by atoms with van der Waals surface area (Å²) in [6.07, 6.45) is 6.84. The molecule has 0 unspecified atom stereocenters. The molecule has 0 aliphatic carbocycles. The molecule has 3 heteroatoms. The molecule has 3 aromatic carbocycles. The second-order valence-electron chi connectivity index (χ2n) is 11.2. The lowest BCUT2D eigenvalue weighted by molar-refractivity contribution is 0.0979. The zero-order valence-electron chi connectivity index (χ0n) is 23.1. The molecule has 0 bridgehead atoms. The minimum absolute atomic E-state index is 0.109. The molecule has 0 saturated carbocycles. The molecule has 1 aliphatic heterocycles. The lowest BCUT2D eigenvalue weighted by atomic mass is 9.86. The second-order valence-corrected chi connectivity index (χ2v) is 11.2. The summed E-state index contributed by atoms with van der Waals surface area (Å²) >= 11 is 0. The van der Waals surface area contributed by atoms with Gasteiger partial charge in [-0.3, -0.25) is 4.79 Å². The maximum atomic E-state index is 12.6. The van der Waals surface area contributed by atoms with E-state index in [0.717, 1.165) is 48.8 Å². The number of nitrogens with zero attached hydrogens (tertiary/aromatic N) is 1. The summed E-state index contributed by atoms with van der Waals surface area (Å²) in [4.78, 5) is 15.0. The van der Waals surface area contributed by atoms with Gasteiger partial charge in [0, 0.05) is 36.5 Å². The standard InChI is InChI=1S/C34H41NO2/c1-6-31(27-15-16-28-22-26-12-9-10-13-29(26)24-37-33(28)23-27)35(5)21-11-7-8-14-32(36)25-17-19-30(20-18-25)34(2,3)4/h9-10,12-13,15-20,22-23H,6-8,11,14,21,24H2,1-5H3. The maximum absolute atomic E-state index is 12.6. The molecule has 0 fully saturated rings. The molecule has 37 heavy (non-hydrogen) atoms. The van der Waals surface area contributed by atoms with Gasteiger partial charge in [0.2, 0.25) is 0 Å². The molecule has 0 spiro atoms. The smallest absolute Gasteiger partial charge is 0.162 e. The fourth-order valence-electron chi connectivity index (χ4n) is 5.03. The first-order valence-electron chi connectivity index (χ1n) is 13.7. The number of fused-ring (bicyclic) bond motifs is 2. The van der Waals surface area contributed by atoms with Crippen LogP contribution in [0.4, 0.5) is 0 Å². The Kier molecular flexibility index (Phi) is 8.53. The number of ketones is 1. The van der Waals surface area contributed by atoms with Crippen LogP contribution in [-0.4, -0.2) is 24.3 Å². The van der Waals surface area contributed by atoms with Crippen LogP contribution < -0.4 is 15.2 Å². The van der Waals surface area contributed by atoms with Crippen molar-refractivity contribution in [2.75, 3.05) is 13.6 Å². The SMILES string of the molecule is CCC(=c1ccc2c(c1)OCc1ccccc1C=2)N(C)CCCCCC(=O)c1ccc(C(C)(C)C)cc1. The quantitative estimate of drug-likeness (QED) is 0.247. The fraction of sp³-hybridized carbons (Fsp3) is 0.382. The predicted molar refractivity (Wildman–Crippen MR) is 154 cm³/mol. The lowest BCUT2D eigenvalue weighted by Gasteiger charge is -2.22. The van der Waals surface area contributed by atoms with Crippen molar-refractivity contribution in [1.82, 2.24) is 4.90 Å². The summed E-state index contributed by atoms with van der Waals surface area (Å²) in [5.74, 6) is 1.20. The molecular weight excluding hydrogens is 454 g/mol. The van der Waals surface area contributed by atoms with Gasteiger partial charge in [0.05, 0.1) is 0 Å². The van der Waals surface area contributed by atoms with E-state index in [1.54, 1.807) is 0 Å². The summed E-state index contributed by atoms with van der Waals surface area (Å²) in [5.41, 5.74) is 5.97. The first-order valence-corrected chi connectivity index (χ1v) is 13.7. The van der Waals surface area contributed by atoms with Crippen LogP contribution in [0.1, 0.15) is 86.8 Å². The largest absolute Gasteiger partial charge is 0.488 e. The van der Waals surface area contributed by atoms with E-state index in [-0.39, 0.29) is 11.2 Å². The summed E-state index contributed by atoms with van der Waals surface area (Å²) in [6.45, 7) is 10.4. The average molecular weight is 496 g/mol. The van der Waals surface area contributed by atoms with Gasteiger partial charge in [-0.15, -0.1) is 0 Å². The number of ether oxygens (including phenoxy) is 1. The maximum Gasteiger partial charge on any atom is 0.162 e. The van der Waals surface area contributed by atoms with Crippen molar-refractivity contribution in [2.24, 2.45) is 0 Å². The zero-order valence-corrected chi connectivity index (χ0v) is 23.1. The molecule has 4 rings (SSSR count). The molecule has 0 aromatic heterocycles. The van der Waals surface area contributed by atoms with Gasteiger partial charge in [0.25, 0.3) is 0 Å². The summed E-state index contributed by atoms with van der Waals surface area (Å²) in [5, 5.41) is 2.35. The van der Waals surface area contributed by atoms with Crippen LogP contribution in [-0.2, 0) is 12.0 Å². The first kappa shape index (κ1) is 26.7. The third-order valence-corrected chi connectivity index (χ3v) is 7.36. The first-order chi connectivity index (χ1) is 17.8. The van der Waals surface area contributed by atoms with E-state index in [2.05, 4.69) is 100 Å². The summed E-state index contributed by atoms with van der Waals surface area (Å²) in [7, 11) is 2.18. The van der Waals surface area contributed by atoms with Gasteiger partial charge >= 0.3 is 0 Å². The number of Topliss-reactive ketones (excluding diaryl/α,β-unsaturated/α-hetero) is 1. The monoisotopic (exact) mass is 495 g/mol. The predicted octanol–water partition coefficient (Wildman–Crippen LogP) is 6.60. The molecule has 0 radical (unpaired) electrons. The highest BCUT2D eigenvalue weighted by Gasteiger charge is 2.14. The highest BCUT2D eigenvalue weighted by atomic mass is 16.5. The van der Waals surface area contributed by atoms with Crippen LogP contribution in [0.2, 0.25) is 0 Å². The van der Waals surface area contributed by atoms with Crippen LogP contribution in [0.25, 0.3) is 11.8 Å². The Morgan fingerprint density at radius 1 is 0.946 bits per heavy atom. The molecule has 0 atom stereocenters. The minimum atomic E-state index is 0.109. The lowest BCUT2D eigenvalue weighted by Crippen LogP contribution is -2.25. The Balaban J connectivity index is 1.33. The Morgan fingerprint density at radius 2 is 1.70 bits per heavy atom. The van der Waals surface area contributed by atoms with Crippen molar-refractivity contribution in [3.05, 3.63) is 99.4 Å².